The Morgan fingerprint density at radius 1 is 1.19 bits per heavy atom. The Kier molecular flexibility index (Phi) is 4.41. The number of benzene rings is 1. The van der Waals surface area contributed by atoms with Crippen molar-refractivity contribution in [3.63, 3.8) is 0 Å². The van der Waals surface area contributed by atoms with Crippen LogP contribution in [0.3, 0.4) is 0 Å². The maximum atomic E-state index is 9.69. The minimum Gasteiger partial charge on any atom is -0.508 e. The van der Waals surface area contributed by atoms with Crippen molar-refractivity contribution < 1.29 is 10.2 Å². The highest BCUT2D eigenvalue weighted by atomic mass is 16.3. The standard InChI is InChI=1S/C19H22N6O2/c20-17(15-8-10-7-13(27)5-6-14(10)25-15)16-18(21)22-9-23-19(16)24-11-1-3-12(26)4-2-11/h5-9,11-12,20,25-27H,1-4H2,(H3,21,22,23,24). The number of nitrogens with one attached hydrogen (secondary N) is 3. The van der Waals surface area contributed by atoms with Crippen LogP contribution in [-0.4, -0.2) is 43.0 Å². The first-order valence-corrected chi connectivity index (χ1v) is 8.97. The zero-order chi connectivity index (χ0) is 19.0. The van der Waals surface area contributed by atoms with Crippen LogP contribution in [0.2, 0.25) is 0 Å². The van der Waals surface area contributed by atoms with Gasteiger partial charge in [-0.25, -0.2) is 9.97 Å². The number of aromatic nitrogens is 3. The lowest BCUT2D eigenvalue weighted by Crippen LogP contribution is -2.29. The van der Waals surface area contributed by atoms with Crippen molar-refractivity contribution in [1.82, 2.24) is 15.0 Å². The van der Waals surface area contributed by atoms with Crippen LogP contribution in [0.25, 0.3) is 10.9 Å². The second-order valence-electron chi connectivity index (χ2n) is 6.96. The second-order valence-corrected chi connectivity index (χ2v) is 6.96. The molecule has 0 amide bonds. The fraction of sp³-hybridized carbons (Fsp3) is 0.316. The van der Waals surface area contributed by atoms with Crippen molar-refractivity contribution in [2.24, 2.45) is 0 Å². The van der Waals surface area contributed by atoms with E-state index in [1.54, 1.807) is 24.3 Å². The molecule has 0 spiro atoms. The number of phenols is 1. The van der Waals surface area contributed by atoms with E-state index in [1.165, 1.54) is 6.33 Å². The summed E-state index contributed by atoms with van der Waals surface area (Å²) in [5.41, 5.74) is 8.09. The molecule has 1 aliphatic carbocycles. The number of H-pyrrole nitrogens is 1. The topological polar surface area (TPSA) is 144 Å². The molecule has 0 saturated heterocycles. The van der Waals surface area contributed by atoms with Crippen LogP contribution >= 0.6 is 0 Å². The van der Waals surface area contributed by atoms with Gasteiger partial charge in [-0.3, -0.25) is 5.41 Å². The fourth-order valence-electron chi connectivity index (χ4n) is 3.56. The molecule has 27 heavy (non-hydrogen) atoms. The van der Waals surface area contributed by atoms with Crippen LogP contribution in [0, 0.1) is 5.41 Å². The Hall–Kier alpha value is -3.13. The molecule has 1 aromatic carbocycles. The highest BCUT2D eigenvalue weighted by Gasteiger charge is 2.23. The average Bonchev–Trinajstić information content (AvgIpc) is 3.06. The summed E-state index contributed by atoms with van der Waals surface area (Å²) in [5, 5.41) is 32.2. The molecular weight excluding hydrogens is 344 g/mol. The van der Waals surface area contributed by atoms with Gasteiger partial charge in [0.2, 0.25) is 0 Å². The van der Waals surface area contributed by atoms with Gasteiger partial charge in [0, 0.05) is 16.9 Å². The maximum absolute atomic E-state index is 9.69. The Bertz CT molecular complexity index is 991. The molecule has 1 saturated carbocycles. The molecule has 2 aromatic heterocycles. The number of hydrogen-bond donors (Lipinski definition) is 6. The minimum atomic E-state index is -0.237. The third-order valence-corrected chi connectivity index (χ3v) is 5.04. The molecule has 0 aliphatic heterocycles. The average molecular weight is 366 g/mol. The van der Waals surface area contributed by atoms with E-state index >= 15 is 0 Å². The van der Waals surface area contributed by atoms with Crippen molar-refractivity contribution in [3.8, 4) is 5.75 Å². The molecule has 0 bridgehead atoms. The van der Waals surface area contributed by atoms with E-state index in [4.69, 9.17) is 11.1 Å². The van der Waals surface area contributed by atoms with E-state index in [0.29, 0.717) is 17.1 Å². The molecular formula is C19H22N6O2. The van der Waals surface area contributed by atoms with Crippen molar-refractivity contribution >= 4 is 28.3 Å². The maximum Gasteiger partial charge on any atom is 0.141 e. The number of rotatable bonds is 4. The number of fused-ring (bicyclic) bond motifs is 1. The second kappa shape index (κ2) is 6.88. The van der Waals surface area contributed by atoms with Gasteiger partial charge in [0.1, 0.15) is 23.7 Å². The van der Waals surface area contributed by atoms with Gasteiger partial charge < -0.3 is 26.2 Å². The number of aliphatic hydroxyl groups excluding tert-OH is 1. The molecule has 0 unspecified atom stereocenters. The summed E-state index contributed by atoms with van der Waals surface area (Å²) < 4.78 is 0. The smallest absolute Gasteiger partial charge is 0.141 e. The highest BCUT2D eigenvalue weighted by Crippen LogP contribution is 2.28. The van der Waals surface area contributed by atoms with E-state index in [9.17, 15) is 10.2 Å². The van der Waals surface area contributed by atoms with Crippen LogP contribution in [0.1, 0.15) is 36.9 Å². The van der Waals surface area contributed by atoms with E-state index in [1.807, 2.05) is 0 Å². The summed E-state index contributed by atoms with van der Waals surface area (Å²) in [6, 6.07) is 6.97. The lowest BCUT2D eigenvalue weighted by atomic mass is 9.93. The molecule has 4 rings (SSSR count). The quantitative estimate of drug-likeness (QED) is 0.391. The molecule has 0 atom stereocenters. The summed E-state index contributed by atoms with van der Waals surface area (Å²) in [4.78, 5) is 11.5. The SMILES string of the molecule is N=C(c1cc2cc(O)ccc2[nH]1)c1c(N)ncnc1NC1CCC(O)CC1. The zero-order valence-corrected chi connectivity index (χ0v) is 14.7. The van der Waals surface area contributed by atoms with Gasteiger partial charge in [-0.15, -0.1) is 0 Å². The fourth-order valence-corrected chi connectivity index (χ4v) is 3.56. The Morgan fingerprint density at radius 3 is 2.74 bits per heavy atom. The van der Waals surface area contributed by atoms with Crippen LogP contribution < -0.4 is 11.1 Å². The molecule has 7 N–H and O–H groups in total. The van der Waals surface area contributed by atoms with E-state index in [-0.39, 0.29) is 29.4 Å². The number of aromatic hydroxyl groups is 1. The van der Waals surface area contributed by atoms with Crippen LogP contribution in [-0.2, 0) is 0 Å². The summed E-state index contributed by atoms with van der Waals surface area (Å²) in [6.07, 6.45) is 4.31. The largest absolute Gasteiger partial charge is 0.508 e. The van der Waals surface area contributed by atoms with Gasteiger partial charge in [-0.05, 0) is 49.9 Å². The van der Waals surface area contributed by atoms with Crippen LogP contribution in [0.4, 0.5) is 11.6 Å². The summed E-state index contributed by atoms with van der Waals surface area (Å²) in [5.74, 6) is 0.925. The predicted octanol–water partition coefficient (Wildman–Crippen LogP) is 2.38. The van der Waals surface area contributed by atoms with Gasteiger partial charge in [0.15, 0.2) is 0 Å². The molecule has 1 fully saturated rings. The van der Waals surface area contributed by atoms with Crippen molar-refractivity contribution in [2.75, 3.05) is 11.1 Å². The van der Waals surface area contributed by atoms with Gasteiger partial charge in [-0.2, -0.15) is 0 Å². The third-order valence-electron chi connectivity index (χ3n) is 5.04. The number of aromatic amines is 1. The monoisotopic (exact) mass is 366 g/mol. The molecule has 2 heterocycles. The van der Waals surface area contributed by atoms with Crippen molar-refractivity contribution in [2.45, 2.75) is 37.8 Å². The molecule has 140 valence electrons. The Labute approximate surface area is 156 Å². The number of anilines is 2. The Morgan fingerprint density at radius 2 is 1.96 bits per heavy atom. The van der Waals surface area contributed by atoms with E-state index in [0.717, 1.165) is 36.6 Å². The lowest BCUT2D eigenvalue weighted by Gasteiger charge is -2.27. The Balaban J connectivity index is 1.66. The molecule has 3 aromatic rings. The highest BCUT2D eigenvalue weighted by molar-refractivity contribution is 6.16. The first kappa shape index (κ1) is 17.3. The molecule has 1 aliphatic rings. The zero-order valence-electron chi connectivity index (χ0n) is 14.7. The minimum absolute atomic E-state index is 0.170. The van der Waals surface area contributed by atoms with Crippen LogP contribution in [0.5, 0.6) is 5.75 Å². The number of nitrogens with two attached hydrogens (primary N) is 1. The van der Waals surface area contributed by atoms with Gasteiger partial charge in [0.05, 0.1) is 23.1 Å². The van der Waals surface area contributed by atoms with Crippen LogP contribution in [0.15, 0.2) is 30.6 Å². The van der Waals surface area contributed by atoms with Gasteiger partial charge in [0.25, 0.3) is 0 Å². The number of nitrogen functional groups attached to an aromatic ring is 1. The number of phenolic OH excluding ortho intramolecular Hbond substituents is 1. The first-order chi connectivity index (χ1) is 13.0. The number of aliphatic hydroxyl groups is 1. The third kappa shape index (κ3) is 3.43. The number of nitrogens with zero attached hydrogens (tertiary/aromatic N) is 2. The number of hydrogen-bond acceptors (Lipinski definition) is 7. The van der Waals surface area contributed by atoms with E-state index < -0.39 is 0 Å². The lowest BCUT2D eigenvalue weighted by molar-refractivity contribution is 0.126. The first-order valence-electron chi connectivity index (χ1n) is 8.97. The van der Waals surface area contributed by atoms with Crippen molar-refractivity contribution in [3.05, 3.63) is 41.9 Å². The van der Waals surface area contributed by atoms with E-state index in [2.05, 4.69) is 20.3 Å². The van der Waals surface area contributed by atoms with Gasteiger partial charge >= 0.3 is 0 Å². The summed E-state index contributed by atoms with van der Waals surface area (Å²) in [7, 11) is 0. The predicted molar refractivity (Wildman–Crippen MR) is 104 cm³/mol. The summed E-state index contributed by atoms with van der Waals surface area (Å²) >= 11 is 0. The molecule has 8 heteroatoms. The molecule has 8 nitrogen and oxygen atoms in total. The van der Waals surface area contributed by atoms with Crippen molar-refractivity contribution in [1.29, 1.82) is 5.41 Å². The van der Waals surface area contributed by atoms with Gasteiger partial charge in [-0.1, -0.05) is 0 Å². The normalized spacial score (nSPS) is 19.9. The summed E-state index contributed by atoms with van der Waals surface area (Å²) in [6.45, 7) is 0. The molecule has 0 radical (unpaired) electrons.